The maximum absolute atomic E-state index is 13.5. The molecule has 0 fully saturated rings. The van der Waals surface area contributed by atoms with Gasteiger partial charge in [0.05, 0.1) is 22.0 Å². The molecule has 0 spiro atoms. The van der Waals surface area contributed by atoms with Crippen molar-refractivity contribution >= 4 is 38.5 Å². The molecule has 4 aromatic rings. The molecule has 0 saturated carbocycles. The number of carbonyl (C=O) groups excluding carboxylic acids is 1. The summed E-state index contributed by atoms with van der Waals surface area (Å²) >= 11 is 0. The van der Waals surface area contributed by atoms with E-state index in [1.165, 1.54) is 0 Å². The lowest BCUT2D eigenvalue weighted by Crippen LogP contribution is -2.30. The monoisotopic (exact) mass is 431 g/mol. The molecule has 0 aliphatic carbocycles. The summed E-state index contributed by atoms with van der Waals surface area (Å²) in [7, 11) is 7.75. The van der Waals surface area contributed by atoms with Crippen molar-refractivity contribution in [3.05, 3.63) is 60.2 Å². The minimum absolute atomic E-state index is 0.372. The van der Waals surface area contributed by atoms with Gasteiger partial charge in [0.2, 0.25) is 0 Å². The van der Waals surface area contributed by atoms with Crippen LogP contribution in [-0.4, -0.2) is 68.3 Å². The van der Waals surface area contributed by atoms with Gasteiger partial charge in [-0.25, -0.2) is 9.78 Å². The van der Waals surface area contributed by atoms with Gasteiger partial charge in [0, 0.05) is 11.9 Å². The highest BCUT2D eigenvalue weighted by atomic mass is 16.6. The second kappa shape index (κ2) is 9.10. The molecule has 0 amide bonds. The van der Waals surface area contributed by atoms with Crippen LogP contribution in [0.3, 0.4) is 0 Å². The van der Waals surface area contributed by atoms with Crippen LogP contribution in [0, 0.1) is 0 Å². The van der Waals surface area contributed by atoms with Crippen LogP contribution in [0.1, 0.15) is 17.3 Å². The fourth-order valence-electron chi connectivity index (χ4n) is 3.64. The van der Waals surface area contributed by atoms with Crippen molar-refractivity contribution in [3.8, 4) is 5.75 Å². The first-order chi connectivity index (χ1) is 15.3. The highest BCUT2D eigenvalue weighted by molar-refractivity contribution is 6.18. The topological polar surface area (TPSA) is 54.9 Å². The second-order valence-electron chi connectivity index (χ2n) is 8.47. The van der Waals surface area contributed by atoms with Gasteiger partial charge in [0.25, 0.3) is 0 Å². The van der Waals surface area contributed by atoms with Gasteiger partial charge in [-0.3, -0.25) is 4.90 Å². The normalized spacial score (nSPS) is 12.7. The van der Waals surface area contributed by atoms with E-state index in [2.05, 4.69) is 4.90 Å². The van der Waals surface area contributed by atoms with E-state index in [4.69, 9.17) is 14.5 Å². The van der Waals surface area contributed by atoms with Crippen molar-refractivity contribution in [1.29, 1.82) is 0 Å². The van der Waals surface area contributed by atoms with Crippen molar-refractivity contribution < 1.29 is 14.3 Å². The van der Waals surface area contributed by atoms with Crippen LogP contribution in [0.5, 0.6) is 5.75 Å². The summed E-state index contributed by atoms with van der Waals surface area (Å²) in [6.07, 6.45) is -0.372. The van der Waals surface area contributed by atoms with Crippen molar-refractivity contribution in [2.24, 2.45) is 0 Å². The highest BCUT2D eigenvalue weighted by Gasteiger charge is 2.23. The molecular formula is C26H29N3O3. The molecule has 3 aromatic carbocycles. The Labute approximate surface area is 188 Å². The van der Waals surface area contributed by atoms with Crippen molar-refractivity contribution in [2.45, 2.75) is 13.2 Å². The summed E-state index contributed by atoms with van der Waals surface area (Å²) in [6, 6.07) is 17.8. The molecule has 0 saturated heterocycles. The Kier molecular flexibility index (Phi) is 6.26. The third kappa shape index (κ3) is 4.38. The number of pyridine rings is 1. The van der Waals surface area contributed by atoms with E-state index in [9.17, 15) is 4.79 Å². The Hall–Kier alpha value is -3.22. The third-order valence-corrected chi connectivity index (χ3v) is 5.63. The molecule has 0 bridgehead atoms. The number of rotatable bonds is 7. The van der Waals surface area contributed by atoms with Gasteiger partial charge < -0.3 is 14.4 Å². The molecule has 6 nitrogen and oxygen atoms in total. The first-order valence-corrected chi connectivity index (χ1v) is 10.8. The molecule has 1 unspecified atom stereocenters. The van der Waals surface area contributed by atoms with Crippen LogP contribution in [-0.2, 0) is 4.74 Å². The summed E-state index contributed by atoms with van der Waals surface area (Å²) in [5, 5.41) is 3.56. The zero-order chi connectivity index (χ0) is 22.8. The fraction of sp³-hybridized carbons (Fsp3) is 0.308. The van der Waals surface area contributed by atoms with Gasteiger partial charge in [0.15, 0.2) is 6.23 Å². The largest absolute Gasteiger partial charge is 0.492 e. The SMILES string of the molecule is CC(OC(=O)c1c2cc3ccccc3cc2nc2cccc(OCCN(C)C)c12)N(C)C. The van der Waals surface area contributed by atoms with E-state index < -0.39 is 0 Å². The smallest absolute Gasteiger partial charge is 0.341 e. The molecule has 1 aromatic heterocycles. The first kappa shape index (κ1) is 22.0. The van der Waals surface area contributed by atoms with E-state index in [0.717, 1.165) is 28.2 Å². The molecule has 32 heavy (non-hydrogen) atoms. The summed E-state index contributed by atoms with van der Waals surface area (Å²) in [6.45, 7) is 3.12. The molecule has 0 N–H and O–H groups in total. The molecule has 1 atom stereocenters. The quantitative estimate of drug-likeness (QED) is 0.243. The van der Waals surface area contributed by atoms with Gasteiger partial charge in [-0.05, 0) is 70.2 Å². The van der Waals surface area contributed by atoms with Crippen LogP contribution in [0.2, 0.25) is 0 Å². The maximum Gasteiger partial charge on any atom is 0.341 e. The fourth-order valence-corrected chi connectivity index (χ4v) is 3.64. The first-order valence-electron chi connectivity index (χ1n) is 10.8. The number of ether oxygens (including phenoxy) is 2. The number of hydrogen-bond donors (Lipinski definition) is 0. The molecule has 4 rings (SSSR count). The van der Waals surface area contributed by atoms with E-state index in [0.29, 0.717) is 28.8 Å². The van der Waals surface area contributed by atoms with Crippen molar-refractivity contribution in [3.63, 3.8) is 0 Å². The van der Waals surface area contributed by atoms with E-state index >= 15 is 0 Å². The van der Waals surface area contributed by atoms with E-state index in [-0.39, 0.29) is 12.2 Å². The Morgan fingerprint density at radius 2 is 1.69 bits per heavy atom. The van der Waals surface area contributed by atoms with E-state index in [1.807, 2.05) is 94.6 Å². The van der Waals surface area contributed by atoms with Crippen LogP contribution >= 0.6 is 0 Å². The summed E-state index contributed by atoms with van der Waals surface area (Å²) < 4.78 is 11.9. The molecule has 0 aliphatic rings. The summed E-state index contributed by atoms with van der Waals surface area (Å²) in [5.41, 5.74) is 1.95. The lowest BCUT2D eigenvalue weighted by Gasteiger charge is -2.21. The van der Waals surface area contributed by atoms with Crippen LogP contribution < -0.4 is 4.74 Å². The standard InChI is InChI=1S/C26H29N3O3/c1-17(29(4)5)32-26(30)24-20-15-18-9-6-7-10-19(18)16-22(20)27-21-11-8-12-23(25(21)24)31-14-13-28(2)3/h6-12,15-17H,13-14H2,1-5H3. The Bertz CT molecular complexity index is 1280. The third-order valence-electron chi connectivity index (χ3n) is 5.63. The predicted molar refractivity (Wildman–Crippen MR) is 129 cm³/mol. The van der Waals surface area contributed by atoms with Crippen LogP contribution in [0.25, 0.3) is 32.6 Å². The predicted octanol–water partition coefficient (Wildman–Crippen LogP) is 4.55. The average molecular weight is 432 g/mol. The number of hydrogen-bond acceptors (Lipinski definition) is 6. The summed E-state index contributed by atoms with van der Waals surface area (Å²) in [5.74, 6) is 0.249. The van der Waals surface area contributed by atoms with Crippen molar-refractivity contribution in [2.75, 3.05) is 41.3 Å². The maximum atomic E-state index is 13.5. The Morgan fingerprint density at radius 3 is 2.38 bits per heavy atom. The molecule has 0 radical (unpaired) electrons. The zero-order valence-corrected chi connectivity index (χ0v) is 19.3. The van der Waals surface area contributed by atoms with Crippen LogP contribution in [0.4, 0.5) is 0 Å². The molecule has 166 valence electrons. The van der Waals surface area contributed by atoms with Crippen molar-refractivity contribution in [1.82, 2.24) is 14.8 Å². The highest BCUT2D eigenvalue weighted by Crippen LogP contribution is 2.35. The lowest BCUT2D eigenvalue weighted by atomic mass is 9.99. The van der Waals surface area contributed by atoms with Gasteiger partial charge >= 0.3 is 5.97 Å². The number of benzene rings is 3. The van der Waals surface area contributed by atoms with Gasteiger partial charge in [-0.2, -0.15) is 0 Å². The summed E-state index contributed by atoms with van der Waals surface area (Å²) in [4.78, 5) is 22.3. The number of likely N-dealkylation sites (N-methyl/N-ethyl adjacent to an activating group) is 1. The zero-order valence-electron chi connectivity index (χ0n) is 19.3. The molecular weight excluding hydrogens is 402 g/mol. The number of aromatic nitrogens is 1. The van der Waals surface area contributed by atoms with E-state index in [1.54, 1.807) is 0 Å². The minimum atomic E-state index is -0.387. The number of fused-ring (bicyclic) bond motifs is 3. The second-order valence-corrected chi connectivity index (χ2v) is 8.47. The van der Waals surface area contributed by atoms with Gasteiger partial charge in [-0.1, -0.05) is 30.3 Å². The van der Waals surface area contributed by atoms with Gasteiger partial charge in [-0.15, -0.1) is 0 Å². The Balaban J connectivity index is 1.97. The lowest BCUT2D eigenvalue weighted by molar-refractivity contribution is -0.00509. The minimum Gasteiger partial charge on any atom is -0.492 e. The van der Waals surface area contributed by atoms with Gasteiger partial charge in [0.1, 0.15) is 12.4 Å². The number of nitrogens with zero attached hydrogens (tertiary/aromatic N) is 3. The molecule has 6 heteroatoms. The Morgan fingerprint density at radius 1 is 0.969 bits per heavy atom. The number of carbonyl (C=O) groups is 1. The molecule has 0 aliphatic heterocycles. The number of esters is 1. The van der Waals surface area contributed by atoms with Crippen LogP contribution in [0.15, 0.2) is 54.6 Å². The molecule has 1 heterocycles. The average Bonchev–Trinajstić information content (AvgIpc) is 2.75.